The first-order valence-electron chi connectivity index (χ1n) is 4.07. The first kappa shape index (κ1) is 7.28. The third kappa shape index (κ3) is 0.978. The van der Waals surface area contributed by atoms with E-state index in [0.29, 0.717) is 6.54 Å². The molecule has 62 valence electrons. The Morgan fingerprint density at radius 2 is 2.50 bits per heavy atom. The molecule has 0 radical (unpaired) electrons. The maximum atomic E-state index is 11.2. The van der Waals surface area contributed by atoms with Crippen molar-refractivity contribution >= 4 is 5.91 Å². The van der Waals surface area contributed by atoms with Gasteiger partial charge >= 0.3 is 0 Å². The van der Waals surface area contributed by atoms with Gasteiger partial charge in [0.1, 0.15) is 0 Å². The molecule has 0 atom stereocenters. The van der Waals surface area contributed by atoms with Gasteiger partial charge in [-0.25, -0.2) is 0 Å². The van der Waals surface area contributed by atoms with Crippen molar-refractivity contribution in [3.63, 3.8) is 0 Å². The smallest absolute Gasteiger partial charge is 0.253 e. The fourth-order valence-electron chi connectivity index (χ4n) is 1.33. The van der Waals surface area contributed by atoms with Gasteiger partial charge in [0.2, 0.25) is 0 Å². The van der Waals surface area contributed by atoms with E-state index < -0.39 is 0 Å². The SMILES string of the molecule is CCc1cnc2c(c1)C(=O)NC2. The lowest BCUT2D eigenvalue weighted by Gasteiger charge is -1.97. The van der Waals surface area contributed by atoms with Gasteiger partial charge in [-0.2, -0.15) is 0 Å². The van der Waals surface area contributed by atoms with Crippen LogP contribution in [0.5, 0.6) is 0 Å². The minimum Gasteiger partial charge on any atom is -0.346 e. The van der Waals surface area contributed by atoms with Gasteiger partial charge in [0.05, 0.1) is 17.8 Å². The molecule has 12 heavy (non-hydrogen) atoms. The Hall–Kier alpha value is -1.38. The highest BCUT2D eigenvalue weighted by Gasteiger charge is 2.19. The number of rotatable bonds is 1. The molecule has 2 rings (SSSR count). The van der Waals surface area contributed by atoms with Gasteiger partial charge in [-0.1, -0.05) is 6.92 Å². The van der Waals surface area contributed by atoms with Gasteiger partial charge in [-0.3, -0.25) is 9.78 Å². The second-order valence-electron chi connectivity index (χ2n) is 2.87. The molecule has 0 bridgehead atoms. The molecule has 1 aliphatic rings. The van der Waals surface area contributed by atoms with E-state index in [2.05, 4.69) is 17.2 Å². The highest BCUT2D eigenvalue weighted by Crippen LogP contribution is 2.14. The van der Waals surface area contributed by atoms with Crippen LogP contribution in [0.3, 0.4) is 0 Å². The lowest BCUT2D eigenvalue weighted by atomic mass is 10.1. The van der Waals surface area contributed by atoms with Gasteiger partial charge in [-0.05, 0) is 18.1 Å². The van der Waals surface area contributed by atoms with Gasteiger partial charge in [-0.15, -0.1) is 0 Å². The fourth-order valence-corrected chi connectivity index (χ4v) is 1.33. The standard InChI is InChI=1S/C9H10N2O/c1-2-6-3-7-8(10-4-6)5-11-9(7)12/h3-4H,2,5H2,1H3,(H,11,12). The summed E-state index contributed by atoms with van der Waals surface area (Å²) < 4.78 is 0. The number of aryl methyl sites for hydroxylation is 1. The van der Waals surface area contributed by atoms with Crippen LogP contribution in [0.4, 0.5) is 0 Å². The van der Waals surface area contributed by atoms with Crippen molar-refractivity contribution in [2.75, 3.05) is 0 Å². The Balaban J connectivity index is 2.50. The van der Waals surface area contributed by atoms with E-state index >= 15 is 0 Å². The summed E-state index contributed by atoms with van der Waals surface area (Å²) in [6.07, 6.45) is 2.76. The van der Waals surface area contributed by atoms with Gasteiger partial charge in [0, 0.05) is 6.20 Å². The van der Waals surface area contributed by atoms with Crippen molar-refractivity contribution in [1.29, 1.82) is 0 Å². The monoisotopic (exact) mass is 162 g/mol. The molecule has 1 amide bonds. The molecule has 1 aliphatic heterocycles. The quantitative estimate of drug-likeness (QED) is 0.666. The Bertz CT molecular complexity index is 333. The number of nitrogens with zero attached hydrogens (tertiary/aromatic N) is 1. The van der Waals surface area contributed by atoms with E-state index in [4.69, 9.17) is 0 Å². The first-order chi connectivity index (χ1) is 5.81. The zero-order valence-electron chi connectivity index (χ0n) is 6.92. The van der Waals surface area contributed by atoms with Crippen molar-refractivity contribution in [3.8, 4) is 0 Å². The normalized spacial score (nSPS) is 14.2. The minimum atomic E-state index is 0.00722. The van der Waals surface area contributed by atoms with Crippen LogP contribution in [0.15, 0.2) is 12.3 Å². The molecule has 3 nitrogen and oxygen atoms in total. The third-order valence-corrected chi connectivity index (χ3v) is 2.10. The summed E-state index contributed by atoms with van der Waals surface area (Å²) in [5.41, 5.74) is 2.73. The number of nitrogens with one attached hydrogen (secondary N) is 1. The summed E-state index contributed by atoms with van der Waals surface area (Å²) in [6.45, 7) is 2.63. The zero-order valence-corrected chi connectivity index (χ0v) is 6.92. The molecule has 0 fully saturated rings. The predicted octanol–water partition coefficient (Wildman–Crippen LogP) is 0.887. The molecule has 1 aromatic heterocycles. The van der Waals surface area contributed by atoms with Gasteiger partial charge in [0.25, 0.3) is 5.91 Å². The summed E-state index contributed by atoms with van der Waals surface area (Å²) in [5.74, 6) is 0.00722. The van der Waals surface area contributed by atoms with Gasteiger partial charge in [0.15, 0.2) is 0 Å². The number of aromatic nitrogens is 1. The van der Waals surface area contributed by atoms with Crippen LogP contribution in [0.25, 0.3) is 0 Å². The average Bonchev–Trinajstić information content (AvgIpc) is 2.47. The molecule has 1 aromatic rings. The number of carbonyl (C=O) groups is 1. The molecule has 2 heterocycles. The molecule has 0 saturated heterocycles. The number of hydrogen-bond acceptors (Lipinski definition) is 2. The Morgan fingerprint density at radius 1 is 1.67 bits per heavy atom. The summed E-state index contributed by atoms with van der Waals surface area (Å²) in [7, 11) is 0. The molecule has 0 unspecified atom stereocenters. The van der Waals surface area contributed by atoms with Crippen LogP contribution in [0, 0.1) is 0 Å². The van der Waals surface area contributed by atoms with E-state index in [1.165, 1.54) is 0 Å². The minimum absolute atomic E-state index is 0.00722. The van der Waals surface area contributed by atoms with E-state index in [9.17, 15) is 4.79 Å². The first-order valence-corrected chi connectivity index (χ1v) is 4.07. The van der Waals surface area contributed by atoms with E-state index in [1.807, 2.05) is 12.3 Å². The van der Waals surface area contributed by atoms with Crippen LogP contribution in [-0.2, 0) is 13.0 Å². The highest BCUT2D eigenvalue weighted by atomic mass is 16.1. The Morgan fingerprint density at radius 3 is 3.25 bits per heavy atom. The van der Waals surface area contributed by atoms with Crippen LogP contribution in [0.1, 0.15) is 28.5 Å². The second kappa shape index (κ2) is 2.59. The number of carbonyl (C=O) groups excluding carboxylic acids is 1. The van der Waals surface area contributed by atoms with E-state index in [0.717, 1.165) is 23.2 Å². The largest absolute Gasteiger partial charge is 0.346 e. The summed E-state index contributed by atoms with van der Waals surface area (Å²) in [5, 5.41) is 2.73. The van der Waals surface area contributed by atoms with Crippen molar-refractivity contribution in [2.45, 2.75) is 19.9 Å². The second-order valence-corrected chi connectivity index (χ2v) is 2.87. The zero-order chi connectivity index (χ0) is 8.55. The van der Waals surface area contributed by atoms with Crippen molar-refractivity contribution in [2.24, 2.45) is 0 Å². The molecular weight excluding hydrogens is 152 g/mol. The van der Waals surface area contributed by atoms with Crippen molar-refractivity contribution in [1.82, 2.24) is 10.3 Å². The number of hydrogen-bond donors (Lipinski definition) is 1. The van der Waals surface area contributed by atoms with Crippen LogP contribution in [-0.4, -0.2) is 10.9 Å². The molecule has 3 heteroatoms. The van der Waals surface area contributed by atoms with Crippen LogP contribution < -0.4 is 5.32 Å². The Labute approximate surface area is 70.8 Å². The van der Waals surface area contributed by atoms with Crippen LogP contribution in [0.2, 0.25) is 0 Å². The topological polar surface area (TPSA) is 42.0 Å². The Kier molecular flexibility index (Phi) is 1.57. The average molecular weight is 162 g/mol. The fraction of sp³-hybridized carbons (Fsp3) is 0.333. The van der Waals surface area contributed by atoms with E-state index in [-0.39, 0.29) is 5.91 Å². The number of amides is 1. The molecule has 0 saturated carbocycles. The summed E-state index contributed by atoms with van der Waals surface area (Å²) >= 11 is 0. The number of pyridine rings is 1. The predicted molar refractivity (Wildman–Crippen MR) is 44.8 cm³/mol. The summed E-state index contributed by atoms with van der Waals surface area (Å²) in [6, 6.07) is 1.92. The summed E-state index contributed by atoms with van der Waals surface area (Å²) in [4.78, 5) is 15.4. The molecule has 0 aromatic carbocycles. The lowest BCUT2D eigenvalue weighted by Crippen LogP contribution is -2.12. The van der Waals surface area contributed by atoms with Gasteiger partial charge < -0.3 is 5.32 Å². The van der Waals surface area contributed by atoms with Crippen molar-refractivity contribution in [3.05, 3.63) is 29.1 Å². The van der Waals surface area contributed by atoms with Crippen molar-refractivity contribution < 1.29 is 4.79 Å². The maximum absolute atomic E-state index is 11.2. The molecule has 1 N–H and O–H groups in total. The number of fused-ring (bicyclic) bond motifs is 1. The molecular formula is C9H10N2O. The third-order valence-electron chi connectivity index (χ3n) is 2.10. The highest BCUT2D eigenvalue weighted by molar-refractivity contribution is 5.97. The maximum Gasteiger partial charge on any atom is 0.253 e. The lowest BCUT2D eigenvalue weighted by molar-refractivity contribution is 0.0965. The molecule has 0 spiro atoms. The molecule has 0 aliphatic carbocycles. The van der Waals surface area contributed by atoms with Crippen LogP contribution >= 0.6 is 0 Å². The van der Waals surface area contributed by atoms with E-state index in [1.54, 1.807) is 0 Å².